The van der Waals surface area contributed by atoms with E-state index in [1.807, 2.05) is 13.8 Å². The largest absolute Gasteiger partial charge is 0.387 e. The van der Waals surface area contributed by atoms with Crippen LogP contribution in [-0.2, 0) is 13.1 Å². The lowest BCUT2D eigenvalue weighted by Gasteiger charge is -2.29. The van der Waals surface area contributed by atoms with Crippen molar-refractivity contribution in [3.05, 3.63) is 93.5 Å². The number of nitrogens with zero attached hydrogens (tertiary/aromatic N) is 1. The zero-order valence-corrected chi connectivity index (χ0v) is 23.6. The van der Waals surface area contributed by atoms with Crippen LogP contribution in [0.15, 0.2) is 66.7 Å². The Labute approximate surface area is 242 Å². The van der Waals surface area contributed by atoms with Gasteiger partial charge >= 0.3 is 18.1 Å². The Morgan fingerprint density at radius 3 is 1.90 bits per heavy atom. The number of hydrogen-bond acceptors (Lipinski definition) is 4. The summed E-state index contributed by atoms with van der Waals surface area (Å²) in [5, 5.41) is 22.2. The van der Waals surface area contributed by atoms with Gasteiger partial charge in [0.25, 0.3) is 0 Å². The maximum atomic E-state index is 13.0. The summed E-state index contributed by atoms with van der Waals surface area (Å²) in [5.74, 6) is 0. The number of carbonyl (C=O) groups excluding carboxylic acids is 3. The molecule has 3 aromatic carbocycles. The lowest BCUT2D eigenvalue weighted by molar-refractivity contribution is 0.113. The van der Waals surface area contributed by atoms with E-state index in [2.05, 4.69) is 21.3 Å². The number of rotatable bonds is 10. The first-order valence-corrected chi connectivity index (χ1v) is 13.2. The van der Waals surface area contributed by atoms with Crippen molar-refractivity contribution in [1.29, 1.82) is 0 Å². The van der Waals surface area contributed by atoms with E-state index in [4.69, 9.17) is 28.9 Å². The standard InChI is InChI=1S/C28H32Cl2N6O4/c1-17(2)36(16-25(37)20-7-12-23(29)24(30)13-20)28(40)35-22-10-5-19(6-11-22)15-33-27(39)34-21-8-3-18(4-9-21)14-32-26(31)38/h3-13,17,25,37H,14-16H2,1-2H3,(H,35,40)(H3,31,32,38)(H2,33,34,39). The highest BCUT2D eigenvalue weighted by molar-refractivity contribution is 6.42. The fourth-order valence-corrected chi connectivity index (χ4v) is 4.00. The molecular weight excluding hydrogens is 555 g/mol. The highest BCUT2D eigenvalue weighted by atomic mass is 35.5. The SMILES string of the molecule is CC(C)N(CC(O)c1ccc(Cl)c(Cl)c1)C(=O)Nc1ccc(CNC(=O)Nc2ccc(CNC(N)=O)cc2)cc1. The van der Waals surface area contributed by atoms with Crippen LogP contribution in [0.1, 0.15) is 36.6 Å². The molecule has 0 aliphatic carbocycles. The molecule has 3 aromatic rings. The van der Waals surface area contributed by atoms with Crippen LogP contribution in [0, 0.1) is 0 Å². The molecule has 1 unspecified atom stereocenters. The number of amides is 6. The summed E-state index contributed by atoms with van der Waals surface area (Å²) in [7, 11) is 0. The van der Waals surface area contributed by atoms with E-state index in [0.29, 0.717) is 33.5 Å². The molecule has 0 fully saturated rings. The predicted molar refractivity (Wildman–Crippen MR) is 157 cm³/mol. The quantitative estimate of drug-likeness (QED) is 0.187. The van der Waals surface area contributed by atoms with Gasteiger partial charge in [0.15, 0.2) is 0 Å². The zero-order chi connectivity index (χ0) is 29.2. The monoisotopic (exact) mass is 586 g/mol. The van der Waals surface area contributed by atoms with Crippen LogP contribution in [0.3, 0.4) is 0 Å². The summed E-state index contributed by atoms with van der Waals surface area (Å²) >= 11 is 12.0. The van der Waals surface area contributed by atoms with E-state index in [0.717, 1.165) is 11.1 Å². The fraction of sp³-hybridized carbons (Fsp3) is 0.250. The number of hydrogen-bond donors (Lipinski definition) is 6. The molecule has 212 valence electrons. The van der Waals surface area contributed by atoms with Gasteiger partial charge < -0.3 is 37.0 Å². The van der Waals surface area contributed by atoms with Crippen LogP contribution in [0.25, 0.3) is 0 Å². The molecule has 3 rings (SSSR count). The molecule has 0 aliphatic heterocycles. The molecule has 0 bridgehead atoms. The van der Waals surface area contributed by atoms with E-state index in [9.17, 15) is 19.5 Å². The molecule has 0 heterocycles. The molecule has 0 aromatic heterocycles. The van der Waals surface area contributed by atoms with E-state index in [-0.39, 0.29) is 31.2 Å². The zero-order valence-electron chi connectivity index (χ0n) is 22.1. The Balaban J connectivity index is 1.49. The van der Waals surface area contributed by atoms with Gasteiger partial charge in [-0.25, -0.2) is 14.4 Å². The summed E-state index contributed by atoms with van der Waals surface area (Å²) < 4.78 is 0. The Morgan fingerprint density at radius 1 is 0.825 bits per heavy atom. The number of aliphatic hydroxyl groups is 1. The maximum Gasteiger partial charge on any atom is 0.322 e. The lowest BCUT2D eigenvalue weighted by Crippen LogP contribution is -2.42. The van der Waals surface area contributed by atoms with Crippen LogP contribution in [-0.4, -0.2) is 40.7 Å². The first-order chi connectivity index (χ1) is 19.0. The molecule has 10 nitrogen and oxygen atoms in total. The molecule has 0 aliphatic rings. The van der Waals surface area contributed by atoms with Crippen molar-refractivity contribution in [2.75, 3.05) is 17.2 Å². The van der Waals surface area contributed by atoms with Gasteiger partial charge in [-0.15, -0.1) is 0 Å². The van der Waals surface area contributed by atoms with Gasteiger partial charge in [-0.3, -0.25) is 0 Å². The number of carbonyl (C=O) groups is 3. The number of primary amides is 1. The maximum absolute atomic E-state index is 13.0. The summed E-state index contributed by atoms with van der Waals surface area (Å²) in [6.07, 6.45) is -0.945. The molecule has 40 heavy (non-hydrogen) atoms. The smallest absolute Gasteiger partial charge is 0.322 e. The molecule has 7 N–H and O–H groups in total. The molecule has 12 heteroatoms. The van der Waals surface area contributed by atoms with Crippen LogP contribution in [0.2, 0.25) is 10.0 Å². The average molecular weight is 588 g/mol. The number of anilines is 2. The van der Waals surface area contributed by atoms with Crippen LogP contribution in [0.4, 0.5) is 25.8 Å². The molecule has 0 radical (unpaired) electrons. The van der Waals surface area contributed by atoms with Gasteiger partial charge in [-0.05, 0) is 66.9 Å². The first kappa shape index (κ1) is 30.6. The van der Waals surface area contributed by atoms with Crippen LogP contribution < -0.4 is 27.0 Å². The van der Waals surface area contributed by atoms with Crippen molar-refractivity contribution in [1.82, 2.24) is 15.5 Å². The highest BCUT2D eigenvalue weighted by Gasteiger charge is 2.22. The third kappa shape index (κ3) is 9.33. The van der Waals surface area contributed by atoms with Crippen molar-refractivity contribution in [2.24, 2.45) is 5.73 Å². The average Bonchev–Trinajstić information content (AvgIpc) is 2.92. The lowest BCUT2D eigenvalue weighted by atomic mass is 10.1. The summed E-state index contributed by atoms with van der Waals surface area (Å²) in [6, 6.07) is 17.4. The topological polar surface area (TPSA) is 149 Å². The van der Waals surface area contributed by atoms with Gasteiger partial charge in [0.1, 0.15) is 0 Å². The minimum Gasteiger partial charge on any atom is -0.387 e. The molecule has 6 amide bonds. The Morgan fingerprint density at radius 2 is 1.38 bits per heavy atom. The third-order valence-electron chi connectivity index (χ3n) is 5.92. The number of aliphatic hydroxyl groups excluding tert-OH is 1. The highest BCUT2D eigenvalue weighted by Crippen LogP contribution is 2.26. The molecule has 1 atom stereocenters. The van der Waals surface area contributed by atoms with Gasteiger partial charge in [-0.2, -0.15) is 0 Å². The van der Waals surface area contributed by atoms with Crippen LogP contribution in [0.5, 0.6) is 0 Å². The van der Waals surface area contributed by atoms with Crippen molar-refractivity contribution >= 4 is 52.7 Å². The van der Waals surface area contributed by atoms with E-state index >= 15 is 0 Å². The minimum atomic E-state index is -0.945. The van der Waals surface area contributed by atoms with E-state index in [1.54, 1.807) is 66.7 Å². The second-order valence-electron chi connectivity index (χ2n) is 9.28. The molecule has 0 saturated heterocycles. The minimum absolute atomic E-state index is 0.0611. The predicted octanol–water partition coefficient (Wildman–Crippen LogP) is 5.46. The second-order valence-corrected chi connectivity index (χ2v) is 10.1. The normalized spacial score (nSPS) is 11.4. The summed E-state index contributed by atoms with van der Waals surface area (Å²) in [4.78, 5) is 37.6. The van der Waals surface area contributed by atoms with E-state index < -0.39 is 12.1 Å². The number of nitrogens with two attached hydrogens (primary N) is 1. The van der Waals surface area contributed by atoms with Crippen LogP contribution >= 0.6 is 23.2 Å². The van der Waals surface area contributed by atoms with Crippen molar-refractivity contribution < 1.29 is 19.5 Å². The summed E-state index contributed by atoms with van der Waals surface area (Å²) in [6.45, 7) is 4.35. The summed E-state index contributed by atoms with van der Waals surface area (Å²) in [5.41, 5.74) is 8.46. The van der Waals surface area contributed by atoms with Gasteiger partial charge in [-0.1, -0.05) is 53.5 Å². The van der Waals surface area contributed by atoms with Gasteiger partial charge in [0.2, 0.25) is 0 Å². The fourth-order valence-electron chi connectivity index (χ4n) is 3.69. The number of halogens is 2. The number of nitrogens with one attached hydrogen (secondary N) is 4. The van der Waals surface area contributed by atoms with E-state index in [1.165, 1.54) is 4.90 Å². The Bertz CT molecular complexity index is 1320. The number of benzene rings is 3. The Kier molecular flexibility index (Phi) is 11.0. The third-order valence-corrected chi connectivity index (χ3v) is 6.66. The first-order valence-electron chi connectivity index (χ1n) is 12.5. The van der Waals surface area contributed by atoms with Crippen molar-refractivity contribution in [2.45, 2.75) is 39.1 Å². The number of urea groups is 3. The van der Waals surface area contributed by atoms with Crippen molar-refractivity contribution in [3.63, 3.8) is 0 Å². The van der Waals surface area contributed by atoms with Gasteiger partial charge in [0, 0.05) is 30.5 Å². The van der Waals surface area contributed by atoms with Gasteiger partial charge in [0.05, 0.1) is 22.7 Å². The Hall–Kier alpha value is -3.99. The van der Waals surface area contributed by atoms with Crippen molar-refractivity contribution in [3.8, 4) is 0 Å². The molecular formula is C28H32Cl2N6O4. The molecule has 0 spiro atoms. The molecule has 0 saturated carbocycles. The second kappa shape index (κ2) is 14.4.